The van der Waals surface area contributed by atoms with Crippen LogP contribution in [-0.4, -0.2) is 26.2 Å². The van der Waals surface area contributed by atoms with Crippen LogP contribution >= 0.6 is 11.8 Å². The number of aromatic amines is 1. The third-order valence-electron chi connectivity index (χ3n) is 4.24. The van der Waals surface area contributed by atoms with E-state index < -0.39 is 0 Å². The van der Waals surface area contributed by atoms with Crippen molar-refractivity contribution in [3.05, 3.63) is 57.5 Å². The van der Waals surface area contributed by atoms with Gasteiger partial charge in [0.25, 0.3) is 5.56 Å². The third kappa shape index (κ3) is 3.83. The molecule has 2 heterocycles. The maximum atomic E-state index is 12.4. The molecule has 0 saturated heterocycles. The molecule has 2 N–H and O–H groups in total. The fourth-order valence-electron chi connectivity index (χ4n) is 2.74. The Morgan fingerprint density at radius 2 is 2.00 bits per heavy atom. The zero-order valence-electron chi connectivity index (χ0n) is 15.3. The van der Waals surface area contributed by atoms with Gasteiger partial charge >= 0.3 is 0 Å². The Balaban J connectivity index is 1.67. The van der Waals surface area contributed by atoms with E-state index in [1.54, 1.807) is 7.05 Å². The number of hydrogen-bond donors (Lipinski definition) is 2. The normalized spacial score (nSPS) is 12.3. The standard InChI is InChI=1S/C19H22N4O2S/c1-11-5-7-14(8-6-11)13(3)21-16(24)10-26-19-22-15-9-12(2)20-17(15)18(25)23(19)4/h5-9,13,20H,10H2,1-4H3,(H,21,24)/t13-/m0/s1. The van der Waals surface area contributed by atoms with Crippen molar-refractivity contribution >= 4 is 28.7 Å². The Bertz CT molecular complexity index is 1000. The summed E-state index contributed by atoms with van der Waals surface area (Å²) in [6.45, 7) is 5.87. The second kappa shape index (κ2) is 7.37. The van der Waals surface area contributed by atoms with Crippen molar-refractivity contribution in [3.8, 4) is 0 Å². The molecule has 0 aliphatic rings. The Hall–Kier alpha value is -2.54. The number of nitrogens with zero attached hydrogens (tertiary/aromatic N) is 2. The molecule has 0 radical (unpaired) electrons. The monoisotopic (exact) mass is 370 g/mol. The summed E-state index contributed by atoms with van der Waals surface area (Å²) in [7, 11) is 1.67. The number of nitrogens with one attached hydrogen (secondary N) is 2. The zero-order valence-corrected chi connectivity index (χ0v) is 16.1. The molecule has 7 heteroatoms. The van der Waals surface area contributed by atoms with Gasteiger partial charge < -0.3 is 10.3 Å². The summed E-state index contributed by atoms with van der Waals surface area (Å²) in [4.78, 5) is 32.2. The van der Waals surface area contributed by atoms with E-state index in [1.165, 1.54) is 21.9 Å². The highest BCUT2D eigenvalue weighted by Gasteiger charge is 2.14. The van der Waals surface area contributed by atoms with E-state index in [0.717, 1.165) is 11.3 Å². The average Bonchev–Trinajstić information content (AvgIpc) is 2.98. The summed E-state index contributed by atoms with van der Waals surface area (Å²) in [6.07, 6.45) is 0. The summed E-state index contributed by atoms with van der Waals surface area (Å²) in [6, 6.07) is 9.85. The van der Waals surface area contributed by atoms with Crippen molar-refractivity contribution in [2.75, 3.05) is 5.75 Å². The molecule has 26 heavy (non-hydrogen) atoms. The summed E-state index contributed by atoms with van der Waals surface area (Å²) in [5.41, 5.74) is 4.11. The minimum absolute atomic E-state index is 0.0738. The molecular weight excluding hydrogens is 348 g/mol. The topological polar surface area (TPSA) is 79.8 Å². The average molecular weight is 370 g/mol. The highest BCUT2D eigenvalue weighted by atomic mass is 32.2. The first-order chi connectivity index (χ1) is 12.3. The summed E-state index contributed by atoms with van der Waals surface area (Å²) >= 11 is 1.26. The summed E-state index contributed by atoms with van der Waals surface area (Å²) in [5, 5.41) is 3.51. The Morgan fingerprint density at radius 3 is 2.69 bits per heavy atom. The van der Waals surface area contributed by atoms with Gasteiger partial charge in [-0.2, -0.15) is 0 Å². The maximum Gasteiger partial charge on any atom is 0.278 e. The number of hydrogen-bond acceptors (Lipinski definition) is 4. The molecule has 0 unspecified atom stereocenters. The van der Waals surface area contributed by atoms with Crippen molar-refractivity contribution in [2.45, 2.75) is 32.0 Å². The van der Waals surface area contributed by atoms with E-state index in [2.05, 4.69) is 15.3 Å². The van der Waals surface area contributed by atoms with Crippen LogP contribution in [0.2, 0.25) is 0 Å². The Labute approximate surface area is 156 Å². The van der Waals surface area contributed by atoms with E-state index in [-0.39, 0.29) is 23.3 Å². The van der Waals surface area contributed by atoms with Crippen LogP contribution in [0, 0.1) is 13.8 Å². The van der Waals surface area contributed by atoms with Gasteiger partial charge in [0.05, 0.1) is 17.3 Å². The summed E-state index contributed by atoms with van der Waals surface area (Å²) in [5.74, 6) is 0.105. The van der Waals surface area contributed by atoms with Crippen molar-refractivity contribution in [1.82, 2.24) is 19.9 Å². The van der Waals surface area contributed by atoms with Gasteiger partial charge in [0.1, 0.15) is 5.52 Å². The zero-order chi connectivity index (χ0) is 18.8. The minimum Gasteiger partial charge on any atom is -0.353 e. The van der Waals surface area contributed by atoms with Gasteiger partial charge in [-0.1, -0.05) is 41.6 Å². The van der Waals surface area contributed by atoms with Gasteiger partial charge in [-0.15, -0.1) is 0 Å². The molecule has 6 nitrogen and oxygen atoms in total. The number of aryl methyl sites for hydroxylation is 2. The minimum atomic E-state index is -0.140. The molecule has 3 aromatic rings. The van der Waals surface area contributed by atoms with Crippen LogP contribution < -0.4 is 10.9 Å². The predicted octanol–water partition coefficient (Wildman–Crippen LogP) is 2.85. The first kappa shape index (κ1) is 18.3. The van der Waals surface area contributed by atoms with Gasteiger partial charge in [-0.25, -0.2) is 4.98 Å². The van der Waals surface area contributed by atoms with E-state index in [9.17, 15) is 9.59 Å². The number of benzene rings is 1. The molecule has 0 aliphatic carbocycles. The number of carbonyl (C=O) groups excluding carboxylic acids is 1. The molecule has 0 spiro atoms. The number of H-pyrrole nitrogens is 1. The van der Waals surface area contributed by atoms with E-state index in [1.807, 2.05) is 51.1 Å². The van der Waals surface area contributed by atoms with Crippen molar-refractivity contribution in [3.63, 3.8) is 0 Å². The molecule has 0 bridgehead atoms. The molecule has 0 aliphatic heterocycles. The van der Waals surface area contributed by atoms with E-state index in [4.69, 9.17) is 0 Å². The Kier molecular flexibility index (Phi) is 5.18. The lowest BCUT2D eigenvalue weighted by Crippen LogP contribution is -2.28. The quantitative estimate of drug-likeness (QED) is 0.535. The van der Waals surface area contributed by atoms with Crippen LogP contribution in [0.25, 0.3) is 11.0 Å². The van der Waals surface area contributed by atoms with Crippen molar-refractivity contribution in [2.24, 2.45) is 7.05 Å². The van der Waals surface area contributed by atoms with Gasteiger partial charge in [0, 0.05) is 12.7 Å². The number of rotatable bonds is 5. The smallest absolute Gasteiger partial charge is 0.278 e. The molecule has 1 amide bonds. The molecule has 0 fully saturated rings. The highest BCUT2D eigenvalue weighted by molar-refractivity contribution is 7.99. The van der Waals surface area contributed by atoms with Crippen molar-refractivity contribution < 1.29 is 4.79 Å². The van der Waals surface area contributed by atoms with E-state index >= 15 is 0 Å². The van der Waals surface area contributed by atoms with Gasteiger partial charge in [-0.3, -0.25) is 14.2 Å². The largest absolute Gasteiger partial charge is 0.353 e. The molecule has 1 aromatic carbocycles. The molecule has 0 saturated carbocycles. The summed E-state index contributed by atoms with van der Waals surface area (Å²) < 4.78 is 1.47. The molecule has 136 valence electrons. The lowest BCUT2D eigenvalue weighted by molar-refractivity contribution is -0.119. The van der Waals surface area contributed by atoms with Gasteiger partial charge in [-0.05, 0) is 32.4 Å². The molecule has 2 aromatic heterocycles. The second-order valence-electron chi connectivity index (χ2n) is 6.46. The SMILES string of the molecule is Cc1ccc([C@H](C)NC(=O)CSc2nc3cc(C)[nH]c3c(=O)n2C)cc1. The fourth-order valence-corrected chi connectivity index (χ4v) is 3.52. The third-order valence-corrected chi connectivity index (χ3v) is 5.27. The maximum absolute atomic E-state index is 12.4. The van der Waals surface area contributed by atoms with E-state index in [0.29, 0.717) is 16.2 Å². The van der Waals surface area contributed by atoms with Crippen molar-refractivity contribution in [1.29, 1.82) is 0 Å². The highest BCUT2D eigenvalue weighted by Crippen LogP contribution is 2.18. The van der Waals surface area contributed by atoms with Gasteiger partial charge in [0.2, 0.25) is 5.91 Å². The predicted molar refractivity (Wildman–Crippen MR) is 105 cm³/mol. The number of amides is 1. The fraction of sp³-hybridized carbons (Fsp3) is 0.316. The first-order valence-electron chi connectivity index (χ1n) is 8.40. The lowest BCUT2D eigenvalue weighted by Gasteiger charge is -2.14. The second-order valence-corrected chi connectivity index (χ2v) is 7.40. The van der Waals surface area contributed by atoms with Crippen LogP contribution in [0.1, 0.15) is 29.8 Å². The molecule has 1 atom stereocenters. The van der Waals surface area contributed by atoms with Crippen LogP contribution in [0.3, 0.4) is 0 Å². The number of thioether (sulfide) groups is 1. The molecule has 3 rings (SSSR count). The van der Waals surface area contributed by atoms with Crippen LogP contribution in [0.5, 0.6) is 0 Å². The lowest BCUT2D eigenvalue weighted by atomic mass is 10.1. The molecular formula is C19H22N4O2S. The first-order valence-corrected chi connectivity index (χ1v) is 9.39. The van der Waals surface area contributed by atoms with Crippen LogP contribution in [0.4, 0.5) is 0 Å². The van der Waals surface area contributed by atoms with Gasteiger partial charge in [0.15, 0.2) is 5.16 Å². The number of aromatic nitrogens is 3. The number of fused-ring (bicyclic) bond motifs is 1. The van der Waals surface area contributed by atoms with Crippen LogP contribution in [0.15, 0.2) is 40.3 Å². The number of carbonyl (C=O) groups is 1. The Morgan fingerprint density at radius 1 is 1.31 bits per heavy atom. The van der Waals surface area contributed by atoms with Crippen LogP contribution in [-0.2, 0) is 11.8 Å².